The number of likely N-dealkylation sites (N-methyl/N-ethyl adjacent to an activating group) is 1. The number of nitrogens with zero attached hydrogens (tertiary/aromatic N) is 1. The van der Waals surface area contributed by atoms with Gasteiger partial charge in [-0.1, -0.05) is 0 Å². The third kappa shape index (κ3) is 16.6. The van der Waals surface area contributed by atoms with Gasteiger partial charge in [-0.25, -0.2) is 32.3 Å². The van der Waals surface area contributed by atoms with Gasteiger partial charge in [-0.2, -0.15) is 0 Å². The van der Waals surface area contributed by atoms with E-state index in [2.05, 4.69) is 20.7 Å². The summed E-state index contributed by atoms with van der Waals surface area (Å²) < 4.78 is 70.6. The minimum atomic E-state index is -4.38. The minimum absolute atomic E-state index is 0.0864. The normalized spacial score (nSPS) is 30.4. The van der Waals surface area contributed by atoms with Crippen molar-refractivity contribution in [3.05, 3.63) is 11.8 Å². The predicted octanol–water partition coefficient (Wildman–Crippen LogP) is 1.69. The number of aliphatic hydroxyl groups is 3. The van der Waals surface area contributed by atoms with Crippen molar-refractivity contribution >= 4 is 34.4 Å². The first-order valence-corrected chi connectivity index (χ1v) is 23.0. The van der Waals surface area contributed by atoms with Crippen molar-refractivity contribution in [2.45, 2.75) is 186 Å². The number of sulfonamides is 1. The maximum absolute atomic E-state index is 13.8. The Morgan fingerprint density at radius 2 is 1.34 bits per heavy atom. The molecule has 11 atom stereocenters. The fourth-order valence-electron chi connectivity index (χ4n) is 7.57. The lowest BCUT2D eigenvalue weighted by Gasteiger charge is -2.52. The van der Waals surface area contributed by atoms with Gasteiger partial charge in [0.15, 0.2) is 6.29 Å². The molecule has 23 heteroatoms. The van der Waals surface area contributed by atoms with E-state index in [0.717, 1.165) is 4.90 Å². The van der Waals surface area contributed by atoms with Crippen LogP contribution in [0.1, 0.15) is 103 Å². The Hall–Kier alpha value is -3.71. The van der Waals surface area contributed by atoms with E-state index in [9.17, 15) is 42.9 Å². The molecule has 1 aliphatic carbocycles. The van der Waals surface area contributed by atoms with Crippen molar-refractivity contribution in [2.75, 3.05) is 32.5 Å². The molecule has 0 aromatic heterocycles. The summed E-state index contributed by atoms with van der Waals surface area (Å²) >= 11 is 0. The zero-order valence-electron chi connectivity index (χ0n) is 39.7. The van der Waals surface area contributed by atoms with Crippen LogP contribution < -0.4 is 26.4 Å². The van der Waals surface area contributed by atoms with Crippen molar-refractivity contribution in [1.82, 2.24) is 25.6 Å². The van der Waals surface area contributed by atoms with Crippen LogP contribution >= 0.6 is 0 Å². The Kier molecular flexibility index (Phi) is 17.8. The smallest absolute Gasteiger partial charge is 0.410 e. The van der Waals surface area contributed by atoms with Crippen LogP contribution in [0.5, 0.6) is 0 Å². The summed E-state index contributed by atoms with van der Waals surface area (Å²) in [7, 11) is -3.08. The molecule has 22 nitrogen and oxygen atoms in total. The van der Waals surface area contributed by atoms with E-state index < -0.39 is 142 Å². The second-order valence-corrected chi connectivity index (χ2v) is 22.5. The van der Waals surface area contributed by atoms with Crippen LogP contribution in [-0.4, -0.2) is 168 Å². The van der Waals surface area contributed by atoms with Gasteiger partial charge in [-0.05, 0) is 109 Å². The van der Waals surface area contributed by atoms with Gasteiger partial charge < -0.3 is 75.1 Å². The number of hydrogen-bond acceptors (Lipinski definition) is 17. The van der Waals surface area contributed by atoms with Gasteiger partial charge >= 0.3 is 24.4 Å². The van der Waals surface area contributed by atoms with Crippen LogP contribution in [0.2, 0.25) is 0 Å². The third-order valence-electron chi connectivity index (χ3n) is 9.91. The highest BCUT2D eigenvalue weighted by Crippen LogP contribution is 2.39. The molecule has 1 saturated carbocycles. The van der Waals surface area contributed by atoms with E-state index >= 15 is 0 Å². The number of alkyl carbamates (subject to hydrolysis) is 3. The molecule has 0 bridgehead atoms. The maximum atomic E-state index is 13.8. The van der Waals surface area contributed by atoms with Gasteiger partial charge in [0.25, 0.3) is 0 Å². The molecule has 2 aliphatic heterocycles. The van der Waals surface area contributed by atoms with E-state index in [0.29, 0.717) is 0 Å². The second kappa shape index (κ2) is 20.9. The second-order valence-electron chi connectivity index (χ2n) is 20.6. The van der Waals surface area contributed by atoms with Crippen molar-refractivity contribution in [3.8, 4) is 0 Å². The van der Waals surface area contributed by atoms with Crippen LogP contribution in [0.25, 0.3) is 0 Å². The van der Waals surface area contributed by atoms with Crippen molar-refractivity contribution in [2.24, 2.45) is 11.7 Å². The lowest BCUT2D eigenvalue weighted by molar-refractivity contribution is -0.305. The number of nitrogens with two attached hydrogens (primary N) is 1. The number of carbonyl (C=O) groups excluding carboxylic acids is 4. The third-order valence-corrected chi connectivity index (χ3v) is 11.3. The highest BCUT2D eigenvalue weighted by molar-refractivity contribution is 7.89. The molecule has 0 aromatic carbocycles. The van der Waals surface area contributed by atoms with Crippen LogP contribution in [0, 0.1) is 5.92 Å². The topological polar surface area (TPSA) is 305 Å². The quantitative estimate of drug-likeness (QED) is 0.129. The fourth-order valence-corrected chi connectivity index (χ4v) is 8.76. The lowest BCUT2D eigenvalue weighted by Crippen LogP contribution is -2.71. The number of hydrogen-bond donors (Lipinski definition) is 8. The highest BCUT2D eigenvalue weighted by Gasteiger charge is 2.56. The molecule has 2 heterocycles. The van der Waals surface area contributed by atoms with Crippen molar-refractivity contribution < 1.29 is 76.1 Å². The van der Waals surface area contributed by atoms with E-state index in [1.165, 1.54) is 14.0 Å². The van der Waals surface area contributed by atoms with Crippen LogP contribution in [0.15, 0.2) is 11.8 Å². The SMILES string of the molecule is CN(C(=O)OC(C)(C)C)[C@@H]1[C@@H](O)[C@@H](O[C@H]2[C@H](NS(=O)(=O)CCNC(=O)OC(C)(C)C)C[C@H](NC(=O)OC(C)(C)C)C([C@H]3OC(CN)=CC[C@H]3NC(=O)OC(C)(C)C)[C@@H]2O)OC[C@]1(C)O. The first kappa shape index (κ1) is 54.6. The molecule has 0 spiro atoms. The Morgan fingerprint density at radius 3 is 1.86 bits per heavy atom. The number of aliphatic hydroxyl groups excluding tert-OH is 2. The first-order chi connectivity index (χ1) is 29.0. The van der Waals surface area contributed by atoms with Gasteiger partial charge in [0.05, 0.1) is 43.1 Å². The average molecular weight is 939 g/mol. The molecule has 3 rings (SSSR count). The van der Waals surface area contributed by atoms with E-state index in [1.807, 2.05) is 0 Å². The molecule has 370 valence electrons. The number of carbonyl (C=O) groups is 4. The summed E-state index contributed by atoms with van der Waals surface area (Å²) in [6.07, 6.45) is -10.3. The molecule has 9 N–H and O–H groups in total. The largest absolute Gasteiger partial charge is 0.491 e. The summed E-state index contributed by atoms with van der Waals surface area (Å²) in [6, 6.07) is -4.97. The summed E-state index contributed by atoms with van der Waals surface area (Å²) in [4.78, 5) is 53.3. The zero-order valence-corrected chi connectivity index (χ0v) is 40.5. The molecule has 64 heavy (non-hydrogen) atoms. The molecular formula is C41H74N6O16S. The van der Waals surface area contributed by atoms with Crippen molar-refractivity contribution in [1.29, 1.82) is 0 Å². The Balaban J connectivity index is 2.15. The van der Waals surface area contributed by atoms with Crippen LogP contribution in [0.3, 0.4) is 0 Å². The molecule has 0 radical (unpaired) electrons. The zero-order chi connectivity index (χ0) is 49.0. The van der Waals surface area contributed by atoms with Gasteiger partial charge in [0, 0.05) is 25.6 Å². The molecule has 2 fully saturated rings. The van der Waals surface area contributed by atoms with Gasteiger partial charge in [-0.15, -0.1) is 0 Å². The molecular weight excluding hydrogens is 865 g/mol. The number of rotatable bonds is 12. The number of ether oxygens (including phenoxy) is 7. The molecule has 3 aliphatic rings. The molecule has 0 aromatic rings. The highest BCUT2D eigenvalue weighted by atomic mass is 32.2. The standard InChI is InChI=1S/C41H74N6O16S/c1-37(2,3)60-33(50)43-17-18-64(55,56)46-25-19-24(45-35(52)62-39(7,8)9)26(29-23(16-15-22(20-42)58-29)44-34(51)61-38(4,5)6)27(48)30(25)59-32-28(49)31(41(13,54)21-57-32)47(14)36(53)63-40(10,11)12/h15,23-32,46,48-49,54H,16-21,42H2,1-14H3,(H,43,50)(H,44,51)(H,45,52)/t23-,24+,25-,26?,27+,28-,29+,30+,31-,32-,41+/m1/s1. The van der Waals surface area contributed by atoms with E-state index in [-0.39, 0.29) is 25.1 Å². The van der Waals surface area contributed by atoms with Gasteiger partial charge in [0.1, 0.15) is 52.1 Å². The molecule has 1 saturated heterocycles. The van der Waals surface area contributed by atoms with Gasteiger partial charge in [0.2, 0.25) is 10.0 Å². The fraction of sp³-hybridized carbons (Fsp3) is 0.854. The predicted molar refractivity (Wildman–Crippen MR) is 231 cm³/mol. The summed E-state index contributed by atoms with van der Waals surface area (Å²) in [5.41, 5.74) is 0.446. The lowest BCUT2D eigenvalue weighted by atomic mass is 9.72. The van der Waals surface area contributed by atoms with Gasteiger partial charge in [-0.3, -0.25) is 0 Å². The molecule has 1 unspecified atom stereocenters. The summed E-state index contributed by atoms with van der Waals surface area (Å²) in [5, 5.41) is 43.9. The number of nitrogens with one attached hydrogen (secondary N) is 4. The Labute approximate surface area is 377 Å². The molecule has 4 amide bonds. The Bertz CT molecular complexity index is 1770. The van der Waals surface area contributed by atoms with E-state index in [4.69, 9.17) is 38.9 Å². The van der Waals surface area contributed by atoms with Crippen LogP contribution in [-0.2, 0) is 43.2 Å². The average Bonchev–Trinajstić information content (AvgIpc) is 3.07. The summed E-state index contributed by atoms with van der Waals surface area (Å²) in [6.45, 7) is 20.1. The van der Waals surface area contributed by atoms with Crippen LogP contribution in [0.4, 0.5) is 19.2 Å². The minimum Gasteiger partial charge on any atom is -0.491 e. The monoisotopic (exact) mass is 938 g/mol. The number of amides is 4. The maximum Gasteiger partial charge on any atom is 0.410 e. The van der Waals surface area contributed by atoms with Crippen molar-refractivity contribution in [3.63, 3.8) is 0 Å². The van der Waals surface area contributed by atoms with E-state index in [1.54, 1.807) is 89.2 Å². The summed E-state index contributed by atoms with van der Waals surface area (Å²) in [5.74, 6) is -1.65. The Morgan fingerprint density at radius 1 is 0.828 bits per heavy atom. The first-order valence-electron chi connectivity index (χ1n) is 21.3.